The monoisotopic (exact) mass is 394 g/mol. The van der Waals surface area contributed by atoms with Crippen LogP contribution >= 0.6 is 7.82 Å². The van der Waals surface area contributed by atoms with Gasteiger partial charge in [0.1, 0.15) is 5.75 Å². The summed E-state index contributed by atoms with van der Waals surface area (Å²) in [5, 5.41) is 13.6. The molecule has 0 aliphatic rings. The Kier molecular flexibility index (Phi) is 7.80. The van der Waals surface area contributed by atoms with Gasteiger partial charge in [-0.05, 0) is 56.5 Å². The highest BCUT2D eigenvalue weighted by atomic mass is 31.2. The second kappa shape index (κ2) is 9.85. The van der Waals surface area contributed by atoms with E-state index < -0.39 is 13.9 Å². The van der Waals surface area contributed by atoms with Crippen molar-refractivity contribution in [2.75, 3.05) is 25.1 Å². The fourth-order valence-electron chi connectivity index (χ4n) is 2.68. The first-order chi connectivity index (χ1) is 12.9. The molecule has 1 unspecified atom stereocenters. The molecule has 0 saturated carbocycles. The molecule has 1 aromatic heterocycles. The Balaban J connectivity index is 2.30. The average Bonchev–Trinajstić information content (AvgIpc) is 2.65. The summed E-state index contributed by atoms with van der Waals surface area (Å²) in [4.78, 5) is 4.10. The average molecular weight is 394 g/mol. The molecule has 2 N–H and O–H groups in total. The van der Waals surface area contributed by atoms with Gasteiger partial charge < -0.3 is 10.4 Å². The van der Waals surface area contributed by atoms with Crippen LogP contribution in [0, 0.1) is 13.8 Å². The number of aryl methyl sites for hydroxylation is 1. The molecule has 0 fully saturated rings. The van der Waals surface area contributed by atoms with Crippen molar-refractivity contribution in [3.05, 3.63) is 53.3 Å². The van der Waals surface area contributed by atoms with Crippen molar-refractivity contribution in [1.82, 2.24) is 4.98 Å². The summed E-state index contributed by atoms with van der Waals surface area (Å²) in [5.41, 5.74) is 3.10. The zero-order valence-corrected chi connectivity index (χ0v) is 17.0. The number of anilines is 1. The molecule has 0 amide bonds. The van der Waals surface area contributed by atoms with Gasteiger partial charge >= 0.3 is 7.82 Å². The zero-order chi connectivity index (χ0) is 19.9. The number of aromatic nitrogens is 1. The van der Waals surface area contributed by atoms with Gasteiger partial charge in [-0.25, -0.2) is 4.57 Å². The molecule has 0 saturated heterocycles. The van der Waals surface area contributed by atoms with E-state index >= 15 is 0 Å². The number of hydrogen-bond donors (Lipinski definition) is 2. The molecule has 2 rings (SSSR count). The second-order valence-corrected chi connectivity index (χ2v) is 7.63. The fourth-order valence-corrected chi connectivity index (χ4v) is 3.87. The van der Waals surface area contributed by atoms with E-state index in [4.69, 9.17) is 13.6 Å². The first kappa shape index (κ1) is 21.4. The summed E-state index contributed by atoms with van der Waals surface area (Å²) in [5.74, 6) is 0.225. The summed E-state index contributed by atoms with van der Waals surface area (Å²) < 4.78 is 28.6. The molecule has 0 radical (unpaired) electrons. The van der Waals surface area contributed by atoms with Gasteiger partial charge in [0, 0.05) is 12.4 Å². The maximum Gasteiger partial charge on any atom is 0.474 e. The van der Waals surface area contributed by atoms with E-state index in [2.05, 4.69) is 10.3 Å². The highest BCUT2D eigenvalue weighted by molar-refractivity contribution is 7.48. The minimum atomic E-state index is -3.65. The van der Waals surface area contributed by atoms with E-state index in [1.807, 2.05) is 38.1 Å². The lowest BCUT2D eigenvalue weighted by Gasteiger charge is -2.25. The van der Waals surface area contributed by atoms with Gasteiger partial charge in [-0.2, -0.15) is 0 Å². The second-order valence-electron chi connectivity index (χ2n) is 5.96. The lowest BCUT2D eigenvalue weighted by Crippen LogP contribution is -2.19. The predicted octanol–water partition coefficient (Wildman–Crippen LogP) is 4.75. The molecule has 0 bridgehead atoms. The van der Waals surface area contributed by atoms with Crippen LogP contribution in [0.1, 0.15) is 36.6 Å². The van der Waals surface area contributed by atoms with E-state index in [0.717, 1.165) is 22.4 Å². The number of aromatic hydroxyl groups is 1. The highest BCUT2D eigenvalue weighted by Gasteiger charge is 2.28. The third kappa shape index (κ3) is 5.78. The normalized spacial score (nSPS) is 12.7. The zero-order valence-electron chi connectivity index (χ0n) is 16.1. The molecule has 1 aromatic carbocycles. The van der Waals surface area contributed by atoms with Crippen molar-refractivity contribution >= 4 is 13.5 Å². The van der Waals surface area contributed by atoms with Crippen molar-refractivity contribution in [2.45, 2.75) is 33.7 Å². The molecule has 0 aliphatic heterocycles. The smallest absolute Gasteiger partial charge is 0.474 e. The van der Waals surface area contributed by atoms with Crippen molar-refractivity contribution < 1.29 is 23.2 Å². The number of nitrogens with one attached hydrogen (secondary N) is 1. The molecule has 0 aliphatic carbocycles. The van der Waals surface area contributed by atoms with Gasteiger partial charge in [0.15, 0.2) is 0 Å². The Morgan fingerprint density at radius 3 is 2.44 bits per heavy atom. The van der Waals surface area contributed by atoms with Gasteiger partial charge in [0.2, 0.25) is 0 Å². The first-order valence-corrected chi connectivity index (χ1v) is 10.4. The molecule has 1 atom stereocenters. The van der Waals surface area contributed by atoms with Gasteiger partial charge in [-0.1, -0.05) is 12.1 Å². The van der Waals surface area contributed by atoms with Crippen LogP contribution in [0.4, 0.5) is 5.69 Å². The molecule has 1 heterocycles. The Hall–Kier alpha value is -1.92. The van der Waals surface area contributed by atoms with Crippen molar-refractivity contribution in [3.63, 3.8) is 0 Å². The Morgan fingerprint density at radius 1 is 1.15 bits per heavy atom. The maximum atomic E-state index is 12.7. The minimum Gasteiger partial charge on any atom is -0.507 e. The summed E-state index contributed by atoms with van der Waals surface area (Å²) in [6.07, 6.45) is 3.36. The molecule has 27 heavy (non-hydrogen) atoms. The van der Waals surface area contributed by atoms with Crippen LogP contribution in [-0.2, 0) is 18.1 Å². The number of rotatable bonds is 10. The minimum absolute atomic E-state index is 0.0233. The SMILES string of the molecule is CCOP(=O)(OCC)OCC(Nc1cccnc1)c1ccc(C)c(O)c1C. The molecule has 7 nitrogen and oxygen atoms in total. The van der Waals surface area contributed by atoms with E-state index in [9.17, 15) is 9.67 Å². The topological polar surface area (TPSA) is 89.9 Å². The van der Waals surface area contributed by atoms with Crippen LogP contribution in [0.25, 0.3) is 0 Å². The Bertz CT molecular complexity index is 775. The van der Waals surface area contributed by atoms with Crippen LogP contribution in [-0.4, -0.2) is 29.9 Å². The lowest BCUT2D eigenvalue weighted by atomic mass is 9.98. The third-order valence-electron chi connectivity index (χ3n) is 4.03. The number of pyridine rings is 1. The predicted molar refractivity (Wildman–Crippen MR) is 105 cm³/mol. The molecule has 2 aromatic rings. The van der Waals surface area contributed by atoms with Crippen LogP contribution in [0.5, 0.6) is 5.75 Å². The Labute approximate surface area is 160 Å². The maximum absolute atomic E-state index is 12.7. The molecule has 0 spiro atoms. The number of nitrogens with zero attached hydrogens (tertiary/aromatic N) is 1. The number of phosphoric ester groups is 1. The van der Waals surface area contributed by atoms with Crippen molar-refractivity contribution in [3.8, 4) is 5.75 Å². The van der Waals surface area contributed by atoms with E-state index in [-0.39, 0.29) is 25.6 Å². The quantitative estimate of drug-likeness (QED) is 0.562. The van der Waals surface area contributed by atoms with E-state index in [0.29, 0.717) is 0 Å². The fraction of sp³-hybridized carbons (Fsp3) is 0.421. The highest BCUT2D eigenvalue weighted by Crippen LogP contribution is 2.50. The van der Waals surface area contributed by atoms with Crippen molar-refractivity contribution in [1.29, 1.82) is 0 Å². The van der Waals surface area contributed by atoms with Crippen LogP contribution in [0.15, 0.2) is 36.7 Å². The number of phosphoric acid groups is 1. The summed E-state index contributed by atoms with van der Waals surface area (Å²) >= 11 is 0. The van der Waals surface area contributed by atoms with Gasteiger partial charge in [-0.15, -0.1) is 0 Å². The van der Waals surface area contributed by atoms with E-state index in [1.54, 1.807) is 26.2 Å². The first-order valence-electron chi connectivity index (χ1n) is 8.89. The largest absolute Gasteiger partial charge is 0.507 e. The molecule has 148 valence electrons. The Morgan fingerprint density at radius 2 is 1.85 bits per heavy atom. The summed E-state index contributed by atoms with van der Waals surface area (Å²) in [7, 11) is -3.65. The van der Waals surface area contributed by atoms with Crippen LogP contribution < -0.4 is 5.32 Å². The lowest BCUT2D eigenvalue weighted by molar-refractivity contribution is 0.118. The van der Waals surface area contributed by atoms with Crippen molar-refractivity contribution in [2.24, 2.45) is 0 Å². The number of phenolic OH excluding ortho intramolecular Hbond substituents is 1. The summed E-state index contributed by atoms with van der Waals surface area (Å²) in [6, 6.07) is 7.03. The van der Waals surface area contributed by atoms with Crippen LogP contribution in [0.2, 0.25) is 0 Å². The van der Waals surface area contributed by atoms with Gasteiger partial charge in [-0.3, -0.25) is 18.6 Å². The van der Waals surface area contributed by atoms with Gasteiger partial charge in [0.05, 0.1) is 31.5 Å². The molecular formula is C19H27N2O5P. The summed E-state index contributed by atoms with van der Waals surface area (Å²) in [6.45, 7) is 7.57. The number of hydrogen-bond acceptors (Lipinski definition) is 7. The van der Waals surface area contributed by atoms with Crippen LogP contribution in [0.3, 0.4) is 0 Å². The number of benzene rings is 1. The standard InChI is InChI=1S/C19H27N2O5P/c1-5-24-27(23,25-6-2)26-13-18(21-16-8-7-11-20-12-16)17-10-9-14(3)19(22)15(17)4/h7-12,18,21-22H,5-6,13H2,1-4H3. The molecular weight excluding hydrogens is 367 g/mol. The third-order valence-corrected chi connectivity index (χ3v) is 5.64. The van der Waals surface area contributed by atoms with Gasteiger partial charge in [0.25, 0.3) is 0 Å². The van der Waals surface area contributed by atoms with E-state index in [1.165, 1.54) is 0 Å². The number of phenols is 1. The molecule has 8 heteroatoms.